The molecule has 0 saturated heterocycles. The highest BCUT2D eigenvalue weighted by molar-refractivity contribution is 7.99. The van der Waals surface area contributed by atoms with Gasteiger partial charge in [-0.1, -0.05) is 18.2 Å². The second-order valence-corrected chi connectivity index (χ2v) is 3.19. The molecular formula is C9H9NS. The molecule has 0 bridgehead atoms. The van der Waals surface area contributed by atoms with E-state index in [2.05, 4.69) is 4.99 Å². The van der Waals surface area contributed by atoms with Crippen molar-refractivity contribution in [1.29, 1.82) is 0 Å². The van der Waals surface area contributed by atoms with Gasteiger partial charge in [0.1, 0.15) is 0 Å². The quantitative estimate of drug-likeness (QED) is 0.574. The van der Waals surface area contributed by atoms with E-state index in [1.807, 2.05) is 24.3 Å². The van der Waals surface area contributed by atoms with Crippen LogP contribution in [-0.4, -0.2) is 18.5 Å². The lowest BCUT2D eigenvalue weighted by Gasteiger charge is -1.98. The molecule has 1 aliphatic rings. The minimum absolute atomic E-state index is 0.229. The van der Waals surface area contributed by atoms with Crippen molar-refractivity contribution in [1.82, 2.24) is 0 Å². The van der Waals surface area contributed by atoms with Crippen molar-refractivity contribution in [3.63, 3.8) is 0 Å². The van der Waals surface area contributed by atoms with E-state index in [1.165, 1.54) is 11.8 Å². The first kappa shape index (κ1) is 4.99. The molecule has 2 heteroatoms. The number of rotatable bonds is 0. The van der Waals surface area contributed by atoms with Crippen LogP contribution in [0.4, 0.5) is 0 Å². The van der Waals surface area contributed by atoms with Crippen LogP contribution in [0.5, 0.6) is 0 Å². The van der Waals surface area contributed by atoms with Gasteiger partial charge < -0.3 is 0 Å². The van der Waals surface area contributed by atoms with Crippen LogP contribution >= 0.6 is 11.8 Å². The van der Waals surface area contributed by atoms with E-state index in [-0.39, 0.29) is 6.54 Å². The predicted octanol–water partition coefficient (Wildman–Crippen LogP) is 2.21. The molecule has 0 amide bonds. The van der Waals surface area contributed by atoms with Crippen LogP contribution < -0.4 is 0 Å². The number of nitrogens with zero attached hydrogens (tertiary/aromatic N) is 1. The summed E-state index contributed by atoms with van der Waals surface area (Å²) in [5, 5.41) is 0. The second-order valence-electron chi connectivity index (χ2n) is 2.25. The summed E-state index contributed by atoms with van der Waals surface area (Å²) < 4.78 is 15.2. The summed E-state index contributed by atoms with van der Waals surface area (Å²) in [6, 6.07) is 7.73. The van der Waals surface area contributed by atoms with E-state index in [4.69, 9.17) is 2.74 Å². The largest absolute Gasteiger partial charge is 0.292 e. The third kappa shape index (κ3) is 1.46. The van der Waals surface area contributed by atoms with Crippen molar-refractivity contribution in [2.75, 3.05) is 12.2 Å². The van der Waals surface area contributed by atoms with Gasteiger partial charge in [0.15, 0.2) is 0 Å². The van der Waals surface area contributed by atoms with Gasteiger partial charge in [0, 0.05) is 31.7 Å². The van der Waals surface area contributed by atoms with Gasteiger partial charge in [-0.3, -0.25) is 4.99 Å². The smallest absolute Gasteiger partial charge is 0.0483 e. The van der Waals surface area contributed by atoms with E-state index >= 15 is 0 Å². The Labute approximate surface area is 73.3 Å². The zero-order valence-electron chi connectivity index (χ0n) is 7.95. The molecule has 1 heterocycles. The molecule has 0 aromatic heterocycles. The summed E-state index contributed by atoms with van der Waals surface area (Å²) in [6.45, 7) is 0.229. The van der Waals surface area contributed by atoms with Gasteiger partial charge in [-0.2, -0.15) is 0 Å². The number of aliphatic imine (C=N–C) groups is 1. The average molecular weight is 165 g/mol. The molecule has 1 aromatic carbocycles. The fourth-order valence-electron chi connectivity index (χ4n) is 0.971. The highest BCUT2D eigenvalue weighted by Gasteiger charge is 2.01. The summed E-state index contributed by atoms with van der Waals surface area (Å²) in [7, 11) is 0. The van der Waals surface area contributed by atoms with Crippen LogP contribution in [0.15, 0.2) is 34.2 Å². The number of hydrogen-bond donors (Lipinski definition) is 0. The Bertz CT molecular complexity index is 349. The van der Waals surface area contributed by atoms with E-state index < -0.39 is 5.70 Å². The molecule has 1 nitrogen and oxygen atoms in total. The molecule has 1 aromatic rings. The predicted molar refractivity (Wildman–Crippen MR) is 49.6 cm³/mol. The van der Waals surface area contributed by atoms with Gasteiger partial charge in [-0.05, 0) is 6.07 Å². The van der Waals surface area contributed by atoms with Crippen LogP contribution in [0.2, 0.25) is 0 Å². The zero-order chi connectivity index (χ0) is 9.31. The summed E-state index contributed by atoms with van der Waals surface area (Å²) in [4.78, 5) is 5.01. The maximum atomic E-state index is 7.61. The Morgan fingerprint density at radius 2 is 2.36 bits per heavy atom. The zero-order valence-corrected chi connectivity index (χ0v) is 6.77. The number of thioether (sulfide) groups is 1. The lowest BCUT2D eigenvalue weighted by Crippen LogP contribution is -1.81. The van der Waals surface area contributed by atoms with Gasteiger partial charge in [0.05, 0.1) is 0 Å². The highest BCUT2D eigenvalue weighted by atomic mass is 32.2. The monoisotopic (exact) mass is 165 g/mol. The van der Waals surface area contributed by atoms with Crippen molar-refractivity contribution in [2.24, 2.45) is 4.99 Å². The number of fused-ring (bicyclic) bond motifs is 1. The molecule has 2 rings (SSSR count). The normalized spacial score (nSPS) is 22.9. The molecule has 0 saturated carbocycles. The maximum absolute atomic E-state index is 7.61. The van der Waals surface area contributed by atoms with E-state index in [1.54, 1.807) is 6.21 Å². The third-order valence-corrected chi connectivity index (χ3v) is 2.35. The number of benzene rings is 1. The van der Waals surface area contributed by atoms with Crippen molar-refractivity contribution >= 4 is 18.0 Å². The van der Waals surface area contributed by atoms with Crippen molar-refractivity contribution in [2.45, 2.75) is 4.90 Å². The maximum Gasteiger partial charge on any atom is 0.0483 e. The first-order chi connectivity index (χ1) is 6.17. The summed E-state index contributed by atoms with van der Waals surface area (Å²) in [5.74, 6) is 0. The van der Waals surface area contributed by atoms with E-state index in [9.17, 15) is 0 Å². The Kier molecular flexibility index (Phi) is 1.40. The standard InChI is InChI=1S/C9H9NS/c1-2-4-9-8(3-1)7-10-5-6-11-9/h1-4,7H,5-6H2/i6D2. The molecule has 0 aliphatic carbocycles. The molecule has 0 N–H and O–H groups in total. The van der Waals surface area contributed by atoms with Crippen LogP contribution in [0.3, 0.4) is 0 Å². The van der Waals surface area contributed by atoms with Crippen molar-refractivity contribution < 1.29 is 2.74 Å². The molecule has 0 fully saturated rings. The summed E-state index contributed by atoms with van der Waals surface area (Å²) in [6.07, 6.45) is 1.74. The Balaban J connectivity index is 2.43. The van der Waals surface area contributed by atoms with E-state index in [0.29, 0.717) is 0 Å². The SMILES string of the molecule is [2H]C1([2H])CN=Cc2ccccc2S1. The van der Waals surface area contributed by atoms with Gasteiger partial charge in [0.25, 0.3) is 0 Å². The van der Waals surface area contributed by atoms with E-state index in [0.717, 1.165) is 10.5 Å². The second kappa shape index (κ2) is 3.09. The summed E-state index contributed by atoms with van der Waals surface area (Å²) in [5.41, 5.74) is -0.266. The minimum Gasteiger partial charge on any atom is -0.292 e. The van der Waals surface area contributed by atoms with Crippen LogP contribution in [-0.2, 0) is 0 Å². The third-order valence-electron chi connectivity index (χ3n) is 1.49. The van der Waals surface area contributed by atoms with Gasteiger partial charge in [-0.15, -0.1) is 11.8 Å². The van der Waals surface area contributed by atoms with Crippen molar-refractivity contribution in [3.05, 3.63) is 29.8 Å². The fraction of sp³-hybridized carbons (Fsp3) is 0.222. The molecule has 1 aliphatic heterocycles. The minimum atomic E-state index is -1.27. The van der Waals surface area contributed by atoms with Gasteiger partial charge in [-0.25, -0.2) is 0 Å². The molecule has 0 atom stereocenters. The lowest BCUT2D eigenvalue weighted by atomic mass is 10.2. The van der Waals surface area contributed by atoms with Gasteiger partial charge in [0.2, 0.25) is 0 Å². The Morgan fingerprint density at radius 3 is 3.36 bits per heavy atom. The molecule has 0 unspecified atom stereocenters. The molecule has 0 spiro atoms. The molecular weight excluding hydrogens is 154 g/mol. The first-order valence-corrected chi connectivity index (χ1v) is 4.27. The van der Waals surface area contributed by atoms with Crippen LogP contribution in [0, 0.1) is 0 Å². The van der Waals surface area contributed by atoms with Crippen LogP contribution in [0.1, 0.15) is 8.30 Å². The van der Waals surface area contributed by atoms with Crippen molar-refractivity contribution in [3.8, 4) is 0 Å². The Morgan fingerprint density at radius 1 is 1.45 bits per heavy atom. The Hall–Kier alpha value is -0.760. The first-order valence-electron chi connectivity index (χ1n) is 4.45. The average Bonchev–Trinajstić information content (AvgIpc) is 2.21. The molecule has 0 radical (unpaired) electrons. The fourth-order valence-corrected chi connectivity index (χ4v) is 1.65. The van der Waals surface area contributed by atoms with Gasteiger partial charge >= 0.3 is 0 Å². The topological polar surface area (TPSA) is 12.4 Å². The molecule has 56 valence electrons. The van der Waals surface area contributed by atoms with Crippen LogP contribution in [0.25, 0.3) is 0 Å². The highest BCUT2D eigenvalue weighted by Crippen LogP contribution is 2.22. The number of hydrogen-bond acceptors (Lipinski definition) is 2. The molecule has 11 heavy (non-hydrogen) atoms. The summed E-state index contributed by atoms with van der Waals surface area (Å²) >= 11 is 1.24. The lowest BCUT2D eigenvalue weighted by molar-refractivity contribution is 1.16.